The average molecular weight is 450 g/mol. The molecule has 1 aliphatic carbocycles. The molecule has 4 rings (SSSR count). The Labute approximate surface area is 179 Å². The smallest absolute Gasteiger partial charge is 0.354 e. The van der Waals surface area contributed by atoms with Crippen LogP contribution in [0, 0.1) is 11.7 Å². The molecule has 0 bridgehead atoms. The minimum Gasteiger partial charge on any atom is -0.354 e. The van der Waals surface area contributed by atoms with E-state index in [9.17, 15) is 17.6 Å². The largest absolute Gasteiger partial charge is 0.433 e. The Morgan fingerprint density at radius 2 is 1.81 bits per heavy atom. The molecule has 3 aromatic rings. The van der Waals surface area contributed by atoms with Gasteiger partial charge in [-0.1, -0.05) is 6.07 Å². The lowest BCUT2D eigenvalue weighted by molar-refractivity contribution is -0.141. The van der Waals surface area contributed by atoms with Gasteiger partial charge in [0, 0.05) is 17.1 Å². The Bertz CT molecular complexity index is 1090. The maximum Gasteiger partial charge on any atom is 0.433 e. The molecule has 11 heteroatoms. The SMILES string of the molecule is CSc1cc(F)cc(Nc2nc(NCC3CC3)nc(-c3cccc(C(F)(F)F)n3)n2)c1. The van der Waals surface area contributed by atoms with Crippen LogP contribution in [0.25, 0.3) is 11.5 Å². The van der Waals surface area contributed by atoms with E-state index in [-0.39, 0.29) is 23.4 Å². The number of nitrogens with one attached hydrogen (secondary N) is 2. The molecule has 0 amide bonds. The first-order chi connectivity index (χ1) is 14.8. The normalized spacial score (nSPS) is 13.8. The molecule has 31 heavy (non-hydrogen) atoms. The number of hydrogen-bond acceptors (Lipinski definition) is 7. The predicted octanol–water partition coefficient (Wildman–Crippen LogP) is 5.38. The molecule has 0 saturated heterocycles. The lowest BCUT2D eigenvalue weighted by Gasteiger charge is -2.12. The number of anilines is 3. The highest BCUT2D eigenvalue weighted by Gasteiger charge is 2.32. The van der Waals surface area contributed by atoms with Crippen LogP contribution < -0.4 is 10.6 Å². The van der Waals surface area contributed by atoms with E-state index >= 15 is 0 Å². The van der Waals surface area contributed by atoms with E-state index < -0.39 is 17.7 Å². The molecule has 0 aliphatic heterocycles. The summed E-state index contributed by atoms with van der Waals surface area (Å²) in [6.45, 7) is 0.648. The fourth-order valence-corrected chi connectivity index (χ4v) is 3.26. The summed E-state index contributed by atoms with van der Waals surface area (Å²) >= 11 is 1.37. The molecule has 1 aromatic carbocycles. The number of halogens is 4. The van der Waals surface area contributed by atoms with Gasteiger partial charge in [0.1, 0.15) is 17.2 Å². The summed E-state index contributed by atoms with van der Waals surface area (Å²) in [4.78, 5) is 17.1. The molecule has 0 unspecified atom stereocenters. The van der Waals surface area contributed by atoms with Gasteiger partial charge in [0.15, 0.2) is 5.82 Å². The summed E-state index contributed by atoms with van der Waals surface area (Å²) in [7, 11) is 0. The second-order valence-electron chi connectivity index (χ2n) is 7.04. The van der Waals surface area contributed by atoms with E-state index in [1.165, 1.54) is 36.0 Å². The highest BCUT2D eigenvalue weighted by molar-refractivity contribution is 7.98. The highest BCUT2D eigenvalue weighted by atomic mass is 32.2. The molecule has 2 heterocycles. The van der Waals surface area contributed by atoms with Gasteiger partial charge in [0.05, 0.1) is 0 Å². The quantitative estimate of drug-likeness (QED) is 0.370. The Morgan fingerprint density at radius 3 is 2.52 bits per heavy atom. The number of thioether (sulfide) groups is 1. The van der Waals surface area contributed by atoms with Gasteiger partial charge in [-0.05, 0) is 55.3 Å². The molecule has 2 N–H and O–H groups in total. The Kier molecular flexibility index (Phi) is 5.94. The minimum atomic E-state index is -4.59. The van der Waals surface area contributed by atoms with Crippen molar-refractivity contribution in [3.63, 3.8) is 0 Å². The molecule has 1 fully saturated rings. The van der Waals surface area contributed by atoms with Gasteiger partial charge in [-0.2, -0.15) is 28.1 Å². The molecular weight excluding hydrogens is 432 g/mol. The van der Waals surface area contributed by atoms with Crippen LogP contribution in [0.4, 0.5) is 35.1 Å². The van der Waals surface area contributed by atoms with Crippen molar-refractivity contribution in [2.45, 2.75) is 23.9 Å². The topological polar surface area (TPSA) is 75.6 Å². The summed E-state index contributed by atoms with van der Waals surface area (Å²) < 4.78 is 53.1. The van der Waals surface area contributed by atoms with Crippen LogP contribution in [0.3, 0.4) is 0 Å². The van der Waals surface area contributed by atoms with E-state index in [0.29, 0.717) is 23.0 Å². The number of nitrogens with zero attached hydrogens (tertiary/aromatic N) is 4. The Balaban J connectivity index is 1.70. The molecule has 162 valence electrons. The summed E-state index contributed by atoms with van der Waals surface area (Å²) in [6.07, 6.45) is -0.566. The summed E-state index contributed by atoms with van der Waals surface area (Å²) in [6, 6.07) is 7.92. The van der Waals surface area contributed by atoms with E-state index in [1.807, 2.05) is 6.26 Å². The van der Waals surface area contributed by atoms with Crippen LogP contribution in [-0.4, -0.2) is 32.7 Å². The zero-order chi connectivity index (χ0) is 22.0. The van der Waals surface area contributed by atoms with Crippen molar-refractivity contribution in [2.75, 3.05) is 23.4 Å². The molecule has 1 saturated carbocycles. The summed E-state index contributed by atoms with van der Waals surface area (Å²) in [5.41, 5.74) is -0.674. The summed E-state index contributed by atoms with van der Waals surface area (Å²) in [5, 5.41) is 6.00. The molecule has 0 spiro atoms. The van der Waals surface area contributed by atoms with Crippen LogP contribution in [0.15, 0.2) is 41.3 Å². The second-order valence-corrected chi connectivity index (χ2v) is 7.92. The number of pyridine rings is 1. The van der Waals surface area contributed by atoms with Crippen molar-refractivity contribution < 1.29 is 17.6 Å². The number of benzene rings is 1. The third-order valence-electron chi connectivity index (χ3n) is 4.51. The van der Waals surface area contributed by atoms with Crippen molar-refractivity contribution in [3.8, 4) is 11.5 Å². The standard InChI is InChI=1S/C20H18F4N6S/c1-31-14-8-12(21)7-13(9-14)26-19-29-17(28-18(30-19)25-10-11-5-6-11)15-3-2-4-16(27-15)20(22,23)24/h2-4,7-9,11H,5-6,10H2,1H3,(H2,25,26,28,29,30). The maximum atomic E-state index is 13.9. The van der Waals surface area contributed by atoms with Gasteiger partial charge in [0.2, 0.25) is 11.9 Å². The molecular formula is C20H18F4N6S. The molecule has 0 radical (unpaired) electrons. The van der Waals surface area contributed by atoms with Gasteiger partial charge in [-0.3, -0.25) is 0 Å². The fourth-order valence-electron chi connectivity index (χ4n) is 2.78. The molecule has 1 aliphatic rings. The monoisotopic (exact) mass is 450 g/mol. The van der Waals surface area contributed by atoms with Crippen molar-refractivity contribution >= 4 is 29.3 Å². The van der Waals surface area contributed by atoms with Gasteiger partial charge in [-0.15, -0.1) is 11.8 Å². The third kappa shape index (κ3) is 5.60. The van der Waals surface area contributed by atoms with Crippen molar-refractivity contribution in [1.82, 2.24) is 19.9 Å². The number of hydrogen-bond donors (Lipinski definition) is 2. The van der Waals surface area contributed by atoms with Crippen LogP contribution in [0.1, 0.15) is 18.5 Å². The Hall–Kier alpha value is -2.95. The van der Waals surface area contributed by atoms with Crippen LogP contribution in [-0.2, 0) is 6.18 Å². The first-order valence-electron chi connectivity index (χ1n) is 9.46. The summed E-state index contributed by atoms with van der Waals surface area (Å²) in [5.74, 6) is 0.342. The number of aromatic nitrogens is 4. The van der Waals surface area contributed by atoms with Gasteiger partial charge < -0.3 is 10.6 Å². The Morgan fingerprint density at radius 1 is 1.03 bits per heavy atom. The highest BCUT2D eigenvalue weighted by Crippen LogP contribution is 2.31. The van der Waals surface area contributed by atoms with Crippen LogP contribution >= 0.6 is 11.8 Å². The zero-order valence-corrected chi connectivity index (χ0v) is 17.2. The lowest BCUT2D eigenvalue weighted by atomic mass is 10.3. The van der Waals surface area contributed by atoms with E-state index in [0.717, 1.165) is 18.9 Å². The van der Waals surface area contributed by atoms with E-state index in [2.05, 4.69) is 30.6 Å². The minimum absolute atomic E-state index is 0.0246. The first-order valence-corrected chi connectivity index (χ1v) is 10.7. The molecule has 6 nitrogen and oxygen atoms in total. The van der Waals surface area contributed by atoms with E-state index in [4.69, 9.17) is 0 Å². The number of rotatable bonds is 7. The third-order valence-corrected chi connectivity index (χ3v) is 5.22. The van der Waals surface area contributed by atoms with Gasteiger partial charge in [0.25, 0.3) is 0 Å². The second kappa shape index (κ2) is 8.66. The zero-order valence-electron chi connectivity index (χ0n) is 16.4. The fraction of sp³-hybridized carbons (Fsp3) is 0.300. The van der Waals surface area contributed by atoms with Gasteiger partial charge in [-0.25, -0.2) is 9.37 Å². The first kappa shape index (κ1) is 21.3. The van der Waals surface area contributed by atoms with Gasteiger partial charge >= 0.3 is 6.18 Å². The molecule has 0 atom stereocenters. The van der Waals surface area contributed by atoms with E-state index in [1.54, 1.807) is 6.07 Å². The predicted molar refractivity (Wildman–Crippen MR) is 111 cm³/mol. The number of alkyl halides is 3. The maximum absolute atomic E-state index is 13.9. The van der Waals surface area contributed by atoms with Crippen molar-refractivity contribution in [3.05, 3.63) is 47.9 Å². The average Bonchev–Trinajstić information content (AvgIpc) is 3.56. The lowest BCUT2D eigenvalue weighted by Crippen LogP contribution is -2.12. The van der Waals surface area contributed by atoms with Crippen LogP contribution in [0.2, 0.25) is 0 Å². The van der Waals surface area contributed by atoms with Crippen molar-refractivity contribution in [2.24, 2.45) is 5.92 Å². The van der Waals surface area contributed by atoms with Crippen LogP contribution in [0.5, 0.6) is 0 Å². The molecule has 2 aromatic heterocycles. The van der Waals surface area contributed by atoms with Crippen molar-refractivity contribution in [1.29, 1.82) is 0 Å².